The van der Waals surface area contributed by atoms with Gasteiger partial charge >= 0.3 is 0 Å². The van der Waals surface area contributed by atoms with Gasteiger partial charge in [0, 0.05) is 35.4 Å². The number of imidazole rings is 1. The van der Waals surface area contributed by atoms with Gasteiger partial charge in [0.15, 0.2) is 0 Å². The first-order valence-electron chi connectivity index (χ1n) is 1.43. The monoisotopic (exact) mass is 92.0 g/mol. The highest BCUT2D eigenvalue weighted by atomic mass is 24.3. The molecule has 0 saturated heterocycles. The number of nitrogens with zero attached hydrogens (tertiary/aromatic N) is 1. The Balaban J connectivity index is 0.000000250. The molecular weight excluding hydrogens is 88.4 g/mol. The quantitative estimate of drug-likeness (QED) is 0.449. The molecule has 6 heavy (non-hydrogen) atoms. The third kappa shape index (κ3) is 1.42. The Morgan fingerprint density at radius 2 is 2.33 bits per heavy atom. The lowest BCUT2D eigenvalue weighted by Crippen LogP contribution is -1.44. The van der Waals surface area contributed by atoms with E-state index in [2.05, 4.69) is 9.97 Å². The first-order chi connectivity index (χ1) is 2.50. The highest BCUT2D eigenvalue weighted by Crippen LogP contribution is 1.62. The second-order valence-corrected chi connectivity index (χ2v) is 0.761. The molecule has 1 aromatic heterocycles. The fourth-order valence-electron chi connectivity index (χ4n) is 0.215. The smallest absolute Gasteiger partial charge is 0.0919 e. The molecule has 0 aliphatic carbocycles. The normalized spacial score (nSPS) is 6.67. The maximum Gasteiger partial charge on any atom is 0.0919 e. The number of aromatic nitrogens is 2. The van der Waals surface area contributed by atoms with Crippen LogP contribution in [0.5, 0.6) is 0 Å². The summed E-state index contributed by atoms with van der Waals surface area (Å²) in [5.41, 5.74) is 0. The summed E-state index contributed by atoms with van der Waals surface area (Å²) in [5, 5.41) is 0. The van der Waals surface area contributed by atoms with Crippen LogP contribution < -0.4 is 0 Å². The van der Waals surface area contributed by atoms with Gasteiger partial charge in [-0.15, -0.1) is 0 Å². The van der Waals surface area contributed by atoms with Crippen LogP contribution in [0.3, 0.4) is 0 Å². The maximum absolute atomic E-state index is 3.67. The molecule has 0 fully saturated rings. The largest absolute Gasteiger partial charge is 0.351 e. The van der Waals surface area contributed by atoms with Crippen LogP contribution in [0.15, 0.2) is 18.7 Å². The molecule has 1 rings (SSSR count). The predicted octanol–water partition coefficient (Wildman–Crippen LogP) is 0.0289. The van der Waals surface area contributed by atoms with E-state index in [9.17, 15) is 0 Å². The van der Waals surface area contributed by atoms with E-state index in [0.717, 1.165) is 0 Å². The summed E-state index contributed by atoms with van der Waals surface area (Å²) in [6, 6.07) is 0. The zero-order chi connectivity index (χ0) is 3.54. The number of H-pyrrole nitrogens is 1. The fraction of sp³-hybridized carbons (Fsp3) is 0. The zero-order valence-corrected chi connectivity index (χ0v) is 4.80. The van der Waals surface area contributed by atoms with Crippen LogP contribution in [0.2, 0.25) is 0 Å². The molecule has 0 spiro atoms. The molecule has 2 nitrogen and oxygen atoms in total. The number of aromatic amines is 1. The van der Waals surface area contributed by atoms with Crippen molar-refractivity contribution in [1.82, 2.24) is 9.97 Å². The SMILES string of the molecule is [Mg].c1c[nH]cn1. The van der Waals surface area contributed by atoms with E-state index >= 15 is 0 Å². The van der Waals surface area contributed by atoms with Crippen molar-refractivity contribution in [2.75, 3.05) is 0 Å². The summed E-state index contributed by atoms with van der Waals surface area (Å²) in [5.74, 6) is 0. The number of hydrogen-bond donors (Lipinski definition) is 1. The molecule has 0 aromatic carbocycles. The second-order valence-electron chi connectivity index (χ2n) is 0.761. The van der Waals surface area contributed by atoms with Gasteiger partial charge in [-0.05, 0) is 0 Å². The Bertz CT molecular complexity index is 65.3. The third-order valence-corrected chi connectivity index (χ3v) is 0.406. The standard InChI is InChI=1S/C3H4N2.Mg/c1-2-5-3-4-1;/h1-3H,(H,4,5);. The van der Waals surface area contributed by atoms with E-state index in [-0.39, 0.29) is 23.1 Å². The Hall–Kier alpha value is -0.0238. The summed E-state index contributed by atoms with van der Waals surface area (Å²) in [6.07, 6.45) is 5.08. The fourth-order valence-corrected chi connectivity index (χ4v) is 0.215. The topological polar surface area (TPSA) is 28.7 Å². The minimum atomic E-state index is 0. The Kier molecular flexibility index (Phi) is 3.16. The van der Waals surface area contributed by atoms with Crippen molar-refractivity contribution in [3.8, 4) is 0 Å². The van der Waals surface area contributed by atoms with Gasteiger partial charge in [-0.1, -0.05) is 0 Å². The lowest BCUT2D eigenvalue weighted by Gasteiger charge is -1.46. The van der Waals surface area contributed by atoms with E-state index in [1.807, 2.05) is 0 Å². The van der Waals surface area contributed by atoms with Crippen LogP contribution in [0.1, 0.15) is 0 Å². The molecule has 3 heteroatoms. The van der Waals surface area contributed by atoms with Crippen molar-refractivity contribution in [3.05, 3.63) is 18.7 Å². The molecule has 1 heterocycles. The average molecular weight is 92.4 g/mol. The molecular formula is C3H4MgN2. The Morgan fingerprint density at radius 1 is 1.50 bits per heavy atom. The molecule has 1 N–H and O–H groups in total. The van der Waals surface area contributed by atoms with Gasteiger partial charge in [-0.2, -0.15) is 0 Å². The third-order valence-electron chi connectivity index (χ3n) is 0.406. The molecule has 0 amide bonds. The Labute approximate surface area is 52.1 Å². The van der Waals surface area contributed by atoms with Crippen LogP contribution in [0, 0.1) is 0 Å². The van der Waals surface area contributed by atoms with E-state index in [1.165, 1.54) is 0 Å². The molecule has 0 saturated carbocycles. The van der Waals surface area contributed by atoms with Crippen molar-refractivity contribution in [2.45, 2.75) is 0 Å². The molecule has 1 aromatic rings. The second kappa shape index (κ2) is 3.18. The van der Waals surface area contributed by atoms with Gasteiger partial charge in [-0.3, -0.25) is 0 Å². The summed E-state index contributed by atoms with van der Waals surface area (Å²) in [7, 11) is 0. The van der Waals surface area contributed by atoms with Crippen LogP contribution in [0.25, 0.3) is 0 Å². The molecule has 28 valence electrons. The molecule has 0 aliphatic heterocycles. The summed E-state index contributed by atoms with van der Waals surface area (Å²) in [6.45, 7) is 0. The first kappa shape index (κ1) is 5.98. The van der Waals surface area contributed by atoms with Gasteiger partial charge in [-0.25, -0.2) is 4.98 Å². The molecule has 0 unspecified atom stereocenters. The minimum Gasteiger partial charge on any atom is -0.351 e. The highest BCUT2D eigenvalue weighted by molar-refractivity contribution is 5.75. The zero-order valence-electron chi connectivity index (χ0n) is 3.39. The van der Waals surface area contributed by atoms with Crippen LogP contribution >= 0.6 is 0 Å². The first-order valence-corrected chi connectivity index (χ1v) is 1.43. The summed E-state index contributed by atoms with van der Waals surface area (Å²) >= 11 is 0. The van der Waals surface area contributed by atoms with E-state index < -0.39 is 0 Å². The van der Waals surface area contributed by atoms with Crippen LogP contribution in [-0.2, 0) is 0 Å². The predicted molar refractivity (Wildman–Crippen MR) is 24.3 cm³/mol. The van der Waals surface area contributed by atoms with Crippen molar-refractivity contribution in [2.24, 2.45) is 0 Å². The van der Waals surface area contributed by atoms with Gasteiger partial charge in [0.2, 0.25) is 0 Å². The number of rotatable bonds is 0. The van der Waals surface area contributed by atoms with Gasteiger partial charge < -0.3 is 4.98 Å². The average Bonchev–Trinajstić information content (AvgIpc) is 1.76. The van der Waals surface area contributed by atoms with Crippen molar-refractivity contribution >= 4 is 23.1 Å². The maximum atomic E-state index is 3.67. The lowest BCUT2D eigenvalue weighted by molar-refractivity contribution is 1.31. The molecule has 0 aliphatic rings. The molecule has 2 radical (unpaired) electrons. The van der Waals surface area contributed by atoms with Crippen molar-refractivity contribution in [1.29, 1.82) is 0 Å². The van der Waals surface area contributed by atoms with E-state index in [1.54, 1.807) is 18.7 Å². The summed E-state index contributed by atoms with van der Waals surface area (Å²) < 4.78 is 0. The van der Waals surface area contributed by atoms with E-state index in [0.29, 0.717) is 0 Å². The van der Waals surface area contributed by atoms with Gasteiger partial charge in [0.25, 0.3) is 0 Å². The molecule has 0 bridgehead atoms. The highest BCUT2D eigenvalue weighted by Gasteiger charge is 1.56. The lowest BCUT2D eigenvalue weighted by atomic mass is 11.0. The number of nitrogens with one attached hydrogen (secondary N) is 1. The Morgan fingerprint density at radius 3 is 2.50 bits per heavy atom. The minimum absolute atomic E-state index is 0. The van der Waals surface area contributed by atoms with Crippen LogP contribution in [-0.4, -0.2) is 33.0 Å². The molecule has 0 atom stereocenters. The van der Waals surface area contributed by atoms with Gasteiger partial charge in [0.05, 0.1) is 6.33 Å². The van der Waals surface area contributed by atoms with E-state index in [4.69, 9.17) is 0 Å². The van der Waals surface area contributed by atoms with Crippen LogP contribution in [0.4, 0.5) is 0 Å². The van der Waals surface area contributed by atoms with Crippen molar-refractivity contribution in [3.63, 3.8) is 0 Å². The van der Waals surface area contributed by atoms with Gasteiger partial charge in [0.1, 0.15) is 0 Å². The number of hydrogen-bond acceptors (Lipinski definition) is 1. The summed E-state index contributed by atoms with van der Waals surface area (Å²) in [4.78, 5) is 6.42. The van der Waals surface area contributed by atoms with Crippen molar-refractivity contribution < 1.29 is 0 Å².